The average molecular weight is 366 g/mol. The first-order chi connectivity index (χ1) is 9.05. The molecule has 1 aromatic rings. The third-order valence-electron chi connectivity index (χ3n) is 3.48. The summed E-state index contributed by atoms with van der Waals surface area (Å²) >= 11 is 5.08. The molecule has 1 aliphatic rings. The third kappa shape index (κ3) is 5.53. The van der Waals surface area contributed by atoms with Crippen molar-refractivity contribution in [2.45, 2.75) is 32.2 Å². The predicted octanol–water partition coefficient (Wildman–Crippen LogP) is 3.21. The Labute approximate surface area is 127 Å². The summed E-state index contributed by atoms with van der Waals surface area (Å²) in [6.45, 7) is 1.29. The zero-order chi connectivity index (χ0) is 13.7. The van der Waals surface area contributed by atoms with E-state index in [2.05, 4.69) is 27.3 Å². The van der Waals surface area contributed by atoms with Crippen molar-refractivity contribution in [1.29, 1.82) is 0 Å². The van der Waals surface area contributed by atoms with Gasteiger partial charge in [-0.3, -0.25) is 0 Å². The fourth-order valence-corrected chi connectivity index (χ4v) is 5.60. The van der Waals surface area contributed by atoms with Gasteiger partial charge in [-0.15, -0.1) is 11.3 Å². The SMILES string of the molecule is O=S(=O)(CCNCc1cc(Br)cs1)CC1CCCC1. The first-order valence-electron chi connectivity index (χ1n) is 6.69. The fraction of sp³-hybridized carbons (Fsp3) is 0.692. The first-order valence-corrected chi connectivity index (χ1v) is 10.2. The third-order valence-corrected chi connectivity index (χ3v) is 6.98. The second-order valence-corrected chi connectivity index (χ2v) is 9.31. The minimum atomic E-state index is -2.88. The fourth-order valence-electron chi connectivity index (χ4n) is 2.51. The molecule has 1 saturated carbocycles. The molecule has 0 unspecified atom stereocenters. The molecule has 108 valence electrons. The minimum Gasteiger partial charge on any atom is -0.311 e. The lowest BCUT2D eigenvalue weighted by Crippen LogP contribution is -2.25. The highest BCUT2D eigenvalue weighted by atomic mass is 79.9. The molecule has 3 nitrogen and oxygen atoms in total. The molecule has 0 spiro atoms. The smallest absolute Gasteiger partial charge is 0.151 e. The van der Waals surface area contributed by atoms with Gasteiger partial charge in [-0.05, 0) is 40.8 Å². The van der Waals surface area contributed by atoms with Crippen LogP contribution in [0.15, 0.2) is 15.9 Å². The van der Waals surface area contributed by atoms with Crippen molar-refractivity contribution in [3.05, 3.63) is 20.8 Å². The second-order valence-electron chi connectivity index (χ2n) is 5.17. The van der Waals surface area contributed by atoms with Gasteiger partial charge in [0, 0.05) is 27.8 Å². The van der Waals surface area contributed by atoms with E-state index in [9.17, 15) is 8.42 Å². The molecule has 2 rings (SSSR count). The van der Waals surface area contributed by atoms with Crippen molar-refractivity contribution in [3.8, 4) is 0 Å². The largest absolute Gasteiger partial charge is 0.311 e. The van der Waals surface area contributed by atoms with Gasteiger partial charge < -0.3 is 5.32 Å². The van der Waals surface area contributed by atoms with Gasteiger partial charge in [-0.1, -0.05) is 12.8 Å². The molecule has 19 heavy (non-hydrogen) atoms. The summed E-state index contributed by atoms with van der Waals surface area (Å²) in [6.07, 6.45) is 4.59. The highest BCUT2D eigenvalue weighted by Crippen LogP contribution is 2.26. The van der Waals surface area contributed by atoms with Crippen LogP contribution >= 0.6 is 27.3 Å². The van der Waals surface area contributed by atoms with Crippen LogP contribution in [0.1, 0.15) is 30.6 Å². The van der Waals surface area contributed by atoms with Gasteiger partial charge in [-0.2, -0.15) is 0 Å². The summed E-state index contributed by atoms with van der Waals surface area (Å²) in [7, 11) is -2.88. The van der Waals surface area contributed by atoms with Crippen LogP contribution in [0.5, 0.6) is 0 Å². The van der Waals surface area contributed by atoms with E-state index < -0.39 is 9.84 Å². The molecule has 0 atom stereocenters. The van der Waals surface area contributed by atoms with Crippen LogP contribution in [-0.2, 0) is 16.4 Å². The van der Waals surface area contributed by atoms with Gasteiger partial charge in [0.2, 0.25) is 0 Å². The molecule has 1 aromatic heterocycles. The number of sulfone groups is 1. The molecule has 0 radical (unpaired) electrons. The molecule has 0 bridgehead atoms. The molecule has 0 saturated heterocycles. The molecule has 1 heterocycles. The molecular formula is C13H20BrNO2S2. The highest BCUT2D eigenvalue weighted by Gasteiger charge is 2.22. The van der Waals surface area contributed by atoms with Crippen LogP contribution < -0.4 is 5.32 Å². The number of hydrogen-bond acceptors (Lipinski definition) is 4. The van der Waals surface area contributed by atoms with Crippen molar-refractivity contribution in [2.24, 2.45) is 5.92 Å². The van der Waals surface area contributed by atoms with Crippen molar-refractivity contribution in [2.75, 3.05) is 18.1 Å². The quantitative estimate of drug-likeness (QED) is 0.754. The first kappa shape index (κ1) is 15.5. The monoisotopic (exact) mass is 365 g/mol. The summed E-state index contributed by atoms with van der Waals surface area (Å²) in [5.74, 6) is 1.06. The number of nitrogens with one attached hydrogen (secondary N) is 1. The van der Waals surface area contributed by atoms with E-state index in [1.807, 2.05) is 5.38 Å². The molecular weight excluding hydrogens is 346 g/mol. The van der Waals surface area contributed by atoms with Crippen molar-refractivity contribution in [1.82, 2.24) is 5.32 Å². The van der Waals surface area contributed by atoms with Gasteiger partial charge in [0.15, 0.2) is 9.84 Å². The zero-order valence-electron chi connectivity index (χ0n) is 10.9. The predicted molar refractivity (Wildman–Crippen MR) is 84.3 cm³/mol. The van der Waals surface area contributed by atoms with Crippen molar-refractivity contribution < 1.29 is 8.42 Å². The second kappa shape index (κ2) is 7.20. The number of hydrogen-bond donors (Lipinski definition) is 1. The minimum absolute atomic E-state index is 0.260. The van der Waals surface area contributed by atoms with Gasteiger partial charge in [-0.25, -0.2) is 8.42 Å². The number of halogens is 1. The molecule has 1 N–H and O–H groups in total. The lowest BCUT2D eigenvalue weighted by Gasteiger charge is -2.10. The molecule has 1 aliphatic carbocycles. The summed E-state index contributed by atoms with van der Waals surface area (Å²) in [6, 6.07) is 2.06. The summed E-state index contributed by atoms with van der Waals surface area (Å²) in [4.78, 5) is 1.22. The van der Waals surface area contributed by atoms with Crippen LogP contribution in [0.4, 0.5) is 0 Å². The zero-order valence-corrected chi connectivity index (χ0v) is 14.1. The van der Waals surface area contributed by atoms with Crippen LogP contribution in [0.3, 0.4) is 0 Å². The lowest BCUT2D eigenvalue weighted by molar-refractivity contribution is 0.556. The maximum Gasteiger partial charge on any atom is 0.151 e. The van der Waals surface area contributed by atoms with E-state index in [1.165, 1.54) is 17.7 Å². The Morgan fingerprint density at radius 2 is 2.11 bits per heavy atom. The summed E-state index contributed by atoms with van der Waals surface area (Å²) < 4.78 is 25.0. The van der Waals surface area contributed by atoms with E-state index in [1.54, 1.807) is 11.3 Å². The lowest BCUT2D eigenvalue weighted by atomic mass is 10.1. The Kier molecular flexibility index (Phi) is 5.87. The van der Waals surface area contributed by atoms with Gasteiger partial charge in [0.05, 0.1) is 11.5 Å². The molecule has 0 aromatic carbocycles. The van der Waals surface area contributed by atoms with Crippen LogP contribution in [0, 0.1) is 5.92 Å². The van der Waals surface area contributed by atoms with Gasteiger partial charge in [0.1, 0.15) is 0 Å². The van der Waals surface area contributed by atoms with E-state index >= 15 is 0 Å². The Balaban J connectivity index is 1.66. The van der Waals surface area contributed by atoms with Crippen molar-refractivity contribution in [3.63, 3.8) is 0 Å². The number of rotatable bonds is 7. The average Bonchev–Trinajstić information content (AvgIpc) is 2.96. The van der Waals surface area contributed by atoms with Gasteiger partial charge >= 0.3 is 0 Å². The summed E-state index contributed by atoms with van der Waals surface area (Å²) in [5.41, 5.74) is 0. The van der Waals surface area contributed by atoms with Crippen LogP contribution in [0.25, 0.3) is 0 Å². The van der Waals surface area contributed by atoms with E-state index in [0.29, 0.717) is 18.2 Å². The Bertz CT molecular complexity index is 492. The Morgan fingerprint density at radius 1 is 1.37 bits per heavy atom. The number of thiophene rings is 1. The van der Waals surface area contributed by atoms with E-state index in [-0.39, 0.29) is 5.75 Å². The van der Waals surface area contributed by atoms with Gasteiger partial charge in [0.25, 0.3) is 0 Å². The molecule has 0 aliphatic heterocycles. The molecule has 1 fully saturated rings. The summed E-state index contributed by atoms with van der Waals surface area (Å²) in [5, 5.41) is 5.24. The Morgan fingerprint density at radius 3 is 2.74 bits per heavy atom. The highest BCUT2D eigenvalue weighted by molar-refractivity contribution is 9.10. The Hall–Kier alpha value is 0.0900. The maximum absolute atomic E-state index is 12.0. The van der Waals surface area contributed by atoms with E-state index in [4.69, 9.17) is 0 Å². The molecule has 6 heteroatoms. The standard InChI is InChI=1S/C13H20BrNO2S2/c14-12-7-13(18-9-12)8-15-5-6-19(16,17)10-11-3-1-2-4-11/h7,9,11,15H,1-6,8,10H2. The maximum atomic E-state index is 12.0. The van der Waals surface area contributed by atoms with Crippen LogP contribution in [0.2, 0.25) is 0 Å². The molecule has 0 amide bonds. The van der Waals surface area contributed by atoms with Crippen molar-refractivity contribution >= 4 is 37.1 Å². The topological polar surface area (TPSA) is 46.2 Å². The van der Waals surface area contributed by atoms with Crippen LogP contribution in [-0.4, -0.2) is 26.5 Å². The van der Waals surface area contributed by atoms with E-state index in [0.717, 1.165) is 23.9 Å². The normalized spacial score (nSPS) is 17.1.